The highest BCUT2D eigenvalue weighted by atomic mass is 35.5. The van der Waals surface area contributed by atoms with E-state index in [-0.39, 0.29) is 0 Å². The van der Waals surface area contributed by atoms with Crippen LogP contribution in [-0.4, -0.2) is 5.11 Å². The maximum atomic E-state index is 10.5. The van der Waals surface area contributed by atoms with Crippen LogP contribution >= 0.6 is 23.2 Å². The molecule has 0 aromatic heterocycles. The number of halogens is 2. The van der Waals surface area contributed by atoms with Gasteiger partial charge >= 0.3 is 0 Å². The number of hydrogen-bond donors (Lipinski definition) is 1. The van der Waals surface area contributed by atoms with Crippen LogP contribution in [-0.2, 0) is 6.42 Å². The molecular formula is C17H16Cl2O. The van der Waals surface area contributed by atoms with Gasteiger partial charge in [0, 0.05) is 16.5 Å². The summed E-state index contributed by atoms with van der Waals surface area (Å²) < 4.78 is 0. The number of benzene rings is 2. The van der Waals surface area contributed by atoms with Gasteiger partial charge in [-0.15, -0.1) is 0 Å². The molecule has 1 unspecified atom stereocenters. The molecule has 0 bridgehead atoms. The third-order valence-corrected chi connectivity index (χ3v) is 4.39. The molecule has 1 nitrogen and oxygen atoms in total. The summed E-state index contributed by atoms with van der Waals surface area (Å²) in [6, 6.07) is 13.6. The van der Waals surface area contributed by atoms with Crippen molar-refractivity contribution in [2.45, 2.75) is 31.3 Å². The van der Waals surface area contributed by atoms with Gasteiger partial charge in [-0.2, -0.15) is 0 Å². The third-order valence-electron chi connectivity index (χ3n) is 3.80. The minimum Gasteiger partial charge on any atom is -0.388 e. The monoisotopic (exact) mass is 306 g/mol. The Bertz CT molecular complexity index is 620. The van der Waals surface area contributed by atoms with Crippen LogP contribution in [0.15, 0.2) is 42.5 Å². The standard InChI is InChI=1S/C17H16Cl2O/c18-13-8-7-12(16(19)10-13)9-17(20)15-4-2-1-3-14(15)11-5-6-11/h1-4,7-8,10-11,17,20H,5-6,9H2. The van der Waals surface area contributed by atoms with Gasteiger partial charge in [0.25, 0.3) is 0 Å². The van der Waals surface area contributed by atoms with Gasteiger partial charge in [0.2, 0.25) is 0 Å². The van der Waals surface area contributed by atoms with E-state index in [0.717, 1.165) is 11.1 Å². The van der Waals surface area contributed by atoms with Crippen LogP contribution in [0.1, 0.15) is 41.6 Å². The van der Waals surface area contributed by atoms with Gasteiger partial charge in [0.1, 0.15) is 0 Å². The highest BCUT2D eigenvalue weighted by molar-refractivity contribution is 6.35. The molecule has 104 valence electrons. The van der Waals surface area contributed by atoms with Crippen molar-refractivity contribution in [3.05, 3.63) is 69.2 Å². The SMILES string of the molecule is OC(Cc1ccc(Cl)cc1Cl)c1ccccc1C1CC1. The zero-order chi connectivity index (χ0) is 14.1. The van der Waals surface area contributed by atoms with Crippen molar-refractivity contribution < 1.29 is 5.11 Å². The first kappa shape index (κ1) is 13.9. The summed E-state index contributed by atoms with van der Waals surface area (Å²) in [5.74, 6) is 0.626. The Hall–Kier alpha value is -1.02. The van der Waals surface area contributed by atoms with E-state index < -0.39 is 6.10 Å². The van der Waals surface area contributed by atoms with E-state index in [4.69, 9.17) is 23.2 Å². The number of hydrogen-bond acceptors (Lipinski definition) is 1. The van der Waals surface area contributed by atoms with Gasteiger partial charge in [0.15, 0.2) is 0 Å². The fraction of sp³-hybridized carbons (Fsp3) is 0.294. The Labute approximate surface area is 129 Å². The topological polar surface area (TPSA) is 20.2 Å². The zero-order valence-electron chi connectivity index (χ0n) is 11.0. The van der Waals surface area contributed by atoms with E-state index in [1.165, 1.54) is 18.4 Å². The normalized spacial score (nSPS) is 16.1. The van der Waals surface area contributed by atoms with Crippen molar-refractivity contribution in [2.24, 2.45) is 0 Å². The van der Waals surface area contributed by atoms with E-state index in [0.29, 0.717) is 22.4 Å². The summed E-state index contributed by atoms with van der Waals surface area (Å²) in [6.45, 7) is 0. The minimum atomic E-state index is -0.523. The second-order valence-corrected chi connectivity index (χ2v) is 6.20. The van der Waals surface area contributed by atoms with Gasteiger partial charge in [-0.25, -0.2) is 0 Å². The molecule has 0 heterocycles. The van der Waals surface area contributed by atoms with Crippen molar-refractivity contribution in [1.29, 1.82) is 0 Å². The Kier molecular flexibility index (Phi) is 4.02. The van der Waals surface area contributed by atoms with Gasteiger partial charge < -0.3 is 5.11 Å². The zero-order valence-corrected chi connectivity index (χ0v) is 12.5. The van der Waals surface area contributed by atoms with Crippen LogP contribution in [0.3, 0.4) is 0 Å². The van der Waals surface area contributed by atoms with Crippen LogP contribution in [0.4, 0.5) is 0 Å². The first-order valence-corrected chi connectivity index (χ1v) is 7.61. The molecule has 0 spiro atoms. The first-order valence-electron chi connectivity index (χ1n) is 6.86. The van der Waals surface area contributed by atoms with Crippen molar-refractivity contribution in [1.82, 2.24) is 0 Å². The first-order chi connectivity index (χ1) is 9.65. The fourth-order valence-corrected chi connectivity index (χ4v) is 3.07. The lowest BCUT2D eigenvalue weighted by molar-refractivity contribution is 0.177. The summed E-state index contributed by atoms with van der Waals surface area (Å²) in [7, 11) is 0. The summed E-state index contributed by atoms with van der Waals surface area (Å²) >= 11 is 12.1. The molecule has 0 aliphatic heterocycles. The van der Waals surface area contributed by atoms with Crippen molar-refractivity contribution in [2.75, 3.05) is 0 Å². The van der Waals surface area contributed by atoms with Crippen LogP contribution < -0.4 is 0 Å². The highest BCUT2D eigenvalue weighted by Crippen LogP contribution is 2.43. The Balaban J connectivity index is 1.84. The predicted octanol–water partition coefficient (Wildman–Crippen LogP) is 5.15. The molecule has 1 N–H and O–H groups in total. The quantitative estimate of drug-likeness (QED) is 0.828. The largest absolute Gasteiger partial charge is 0.388 e. The second-order valence-electron chi connectivity index (χ2n) is 5.36. The van der Waals surface area contributed by atoms with Crippen molar-refractivity contribution in [3.63, 3.8) is 0 Å². The molecule has 0 radical (unpaired) electrons. The van der Waals surface area contributed by atoms with E-state index in [2.05, 4.69) is 6.07 Å². The molecule has 1 fully saturated rings. The minimum absolute atomic E-state index is 0.514. The smallest absolute Gasteiger partial charge is 0.0833 e. The Morgan fingerprint density at radius 3 is 2.55 bits per heavy atom. The van der Waals surface area contributed by atoms with E-state index in [1.54, 1.807) is 6.07 Å². The molecular weight excluding hydrogens is 291 g/mol. The summed E-state index contributed by atoms with van der Waals surface area (Å²) in [4.78, 5) is 0. The van der Waals surface area contributed by atoms with Crippen LogP contribution in [0.5, 0.6) is 0 Å². The lowest BCUT2D eigenvalue weighted by atomic mass is 9.95. The third kappa shape index (κ3) is 3.01. The highest BCUT2D eigenvalue weighted by Gasteiger charge is 2.27. The molecule has 1 aliphatic rings. The number of rotatable bonds is 4. The number of aliphatic hydroxyl groups is 1. The Morgan fingerprint density at radius 2 is 1.85 bits per heavy atom. The average molecular weight is 307 g/mol. The molecule has 3 rings (SSSR count). The van der Waals surface area contributed by atoms with Gasteiger partial charge in [-0.1, -0.05) is 53.5 Å². The molecule has 3 heteroatoms. The van der Waals surface area contributed by atoms with Crippen molar-refractivity contribution >= 4 is 23.2 Å². The maximum absolute atomic E-state index is 10.5. The van der Waals surface area contributed by atoms with Crippen LogP contribution in [0.2, 0.25) is 10.0 Å². The summed E-state index contributed by atoms with van der Waals surface area (Å²) in [6.07, 6.45) is 2.45. The average Bonchev–Trinajstić information content (AvgIpc) is 3.26. The molecule has 2 aromatic rings. The van der Waals surface area contributed by atoms with Gasteiger partial charge in [-0.3, -0.25) is 0 Å². The molecule has 0 amide bonds. The lowest BCUT2D eigenvalue weighted by Crippen LogP contribution is -2.05. The van der Waals surface area contributed by atoms with Gasteiger partial charge in [-0.05, 0) is 47.6 Å². The van der Waals surface area contributed by atoms with Crippen LogP contribution in [0.25, 0.3) is 0 Å². The van der Waals surface area contributed by atoms with E-state index >= 15 is 0 Å². The maximum Gasteiger partial charge on any atom is 0.0833 e. The molecule has 2 aromatic carbocycles. The predicted molar refractivity (Wildman–Crippen MR) is 83.5 cm³/mol. The molecule has 20 heavy (non-hydrogen) atoms. The summed E-state index contributed by atoms with van der Waals surface area (Å²) in [5, 5.41) is 11.8. The second kappa shape index (κ2) is 5.77. The van der Waals surface area contributed by atoms with Crippen molar-refractivity contribution in [3.8, 4) is 0 Å². The summed E-state index contributed by atoms with van der Waals surface area (Å²) in [5.41, 5.74) is 3.24. The fourth-order valence-electron chi connectivity index (χ4n) is 2.59. The molecule has 1 atom stereocenters. The van der Waals surface area contributed by atoms with Crippen LogP contribution in [0, 0.1) is 0 Å². The molecule has 1 aliphatic carbocycles. The van der Waals surface area contributed by atoms with Gasteiger partial charge in [0.05, 0.1) is 6.10 Å². The number of aliphatic hydroxyl groups excluding tert-OH is 1. The molecule has 1 saturated carbocycles. The van der Waals surface area contributed by atoms with E-state index in [9.17, 15) is 5.11 Å². The lowest BCUT2D eigenvalue weighted by Gasteiger charge is -2.16. The Morgan fingerprint density at radius 1 is 1.10 bits per heavy atom. The van der Waals surface area contributed by atoms with E-state index in [1.807, 2.05) is 30.3 Å². The molecule has 0 saturated heterocycles.